The summed E-state index contributed by atoms with van der Waals surface area (Å²) in [6.45, 7) is 9.52. The molecule has 1 heterocycles. The van der Waals surface area contributed by atoms with Gasteiger partial charge in [-0.05, 0) is 69.1 Å². The molecule has 0 radical (unpaired) electrons. The Bertz CT molecular complexity index is 950. The number of nitrogens with zero attached hydrogens (tertiary/aromatic N) is 2. The normalized spacial score (nSPS) is 16.5. The van der Waals surface area contributed by atoms with Gasteiger partial charge >= 0.3 is 0 Å². The van der Waals surface area contributed by atoms with E-state index in [2.05, 4.69) is 37.6 Å². The monoisotopic (exact) mass is 430 g/mol. The molecule has 0 saturated carbocycles. The van der Waals surface area contributed by atoms with Gasteiger partial charge in [-0.2, -0.15) is 0 Å². The van der Waals surface area contributed by atoms with Crippen LogP contribution in [0.1, 0.15) is 40.0 Å². The molecule has 1 N–H and O–H groups in total. The van der Waals surface area contributed by atoms with Crippen molar-refractivity contribution in [3.63, 3.8) is 0 Å². The summed E-state index contributed by atoms with van der Waals surface area (Å²) in [4.78, 5) is 4.98. The van der Waals surface area contributed by atoms with E-state index >= 15 is 0 Å². The van der Waals surface area contributed by atoms with E-state index in [1.165, 1.54) is 6.07 Å². The number of aromatic hydroxyl groups is 1. The Morgan fingerprint density at radius 1 is 1.07 bits per heavy atom. The number of sulfone groups is 1. The average Bonchev–Trinajstić information content (AvgIpc) is 2.73. The van der Waals surface area contributed by atoms with E-state index in [1.54, 1.807) is 42.5 Å². The van der Waals surface area contributed by atoms with E-state index in [-0.39, 0.29) is 21.0 Å². The number of piperidine rings is 1. The Labute approximate surface area is 181 Å². The van der Waals surface area contributed by atoms with Gasteiger partial charge in [0.05, 0.1) is 15.5 Å². The Morgan fingerprint density at radius 3 is 2.27 bits per heavy atom. The molecule has 1 aliphatic rings. The molecule has 2 aromatic carbocycles. The van der Waals surface area contributed by atoms with Crippen molar-refractivity contribution in [2.75, 3.05) is 31.6 Å². The highest BCUT2D eigenvalue weighted by Crippen LogP contribution is 2.37. The number of benzene rings is 2. The fourth-order valence-electron chi connectivity index (χ4n) is 3.94. The molecule has 0 atom stereocenters. The van der Waals surface area contributed by atoms with Crippen LogP contribution in [0.4, 0.5) is 5.69 Å². The molecule has 2 aromatic rings. The van der Waals surface area contributed by atoms with Crippen LogP contribution in [0.25, 0.3) is 0 Å². The highest BCUT2D eigenvalue weighted by Gasteiger charge is 2.30. The maximum Gasteiger partial charge on any atom is 0.206 e. The number of hydrogen-bond acceptors (Lipinski definition) is 5. The van der Waals surface area contributed by atoms with Gasteiger partial charge in [0, 0.05) is 18.7 Å². The number of rotatable bonds is 7. The second kappa shape index (κ2) is 8.98. The zero-order valence-electron chi connectivity index (χ0n) is 18.5. The van der Waals surface area contributed by atoms with Crippen LogP contribution in [0.3, 0.4) is 0 Å². The Balaban J connectivity index is 1.96. The van der Waals surface area contributed by atoms with Gasteiger partial charge in [0.25, 0.3) is 0 Å². The predicted octanol–water partition coefficient (Wildman–Crippen LogP) is 4.56. The van der Waals surface area contributed by atoms with Crippen molar-refractivity contribution in [3.05, 3.63) is 48.5 Å². The van der Waals surface area contributed by atoms with E-state index < -0.39 is 9.84 Å². The maximum absolute atomic E-state index is 12.9. The predicted molar refractivity (Wildman–Crippen MR) is 122 cm³/mol. The molecule has 1 aliphatic heterocycles. The van der Waals surface area contributed by atoms with Crippen molar-refractivity contribution in [2.24, 2.45) is 5.41 Å². The molecule has 6 heteroatoms. The van der Waals surface area contributed by atoms with Crippen LogP contribution in [0, 0.1) is 5.41 Å². The minimum Gasteiger partial charge on any atom is -0.506 e. The van der Waals surface area contributed by atoms with E-state index in [1.807, 2.05) is 0 Å². The number of phenols is 1. The third kappa shape index (κ3) is 4.98. The lowest BCUT2D eigenvalue weighted by Gasteiger charge is -2.42. The second-order valence-corrected chi connectivity index (χ2v) is 11.1. The van der Waals surface area contributed by atoms with Crippen molar-refractivity contribution >= 4 is 15.5 Å². The molecule has 5 nitrogen and oxygen atoms in total. The van der Waals surface area contributed by atoms with Crippen molar-refractivity contribution in [1.29, 1.82) is 0 Å². The van der Waals surface area contributed by atoms with Gasteiger partial charge in [0.1, 0.15) is 5.75 Å². The standard InChI is InChI=1S/C24H34N2O3S/c1-5-24(2,3)18-26(19-13-15-25(4)16-14-19)22-12-11-21(17-23(22)27)30(28,29)20-9-7-6-8-10-20/h6-12,17,19,27H,5,13-16,18H2,1-4H3. The third-order valence-corrected chi connectivity index (χ3v) is 8.07. The fourth-order valence-corrected chi connectivity index (χ4v) is 5.24. The lowest BCUT2D eigenvalue weighted by atomic mass is 9.88. The summed E-state index contributed by atoms with van der Waals surface area (Å²) >= 11 is 0. The van der Waals surface area contributed by atoms with Crippen LogP contribution >= 0.6 is 0 Å². The molecule has 1 fully saturated rings. The largest absolute Gasteiger partial charge is 0.506 e. The lowest BCUT2D eigenvalue weighted by Crippen LogP contribution is -2.47. The number of phenolic OH excluding ortho intramolecular Hbond substituents is 1. The van der Waals surface area contributed by atoms with E-state index in [0.29, 0.717) is 6.04 Å². The number of hydrogen-bond donors (Lipinski definition) is 1. The minimum absolute atomic E-state index is 0.0258. The second-order valence-electron chi connectivity index (χ2n) is 9.15. The van der Waals surface area contributed by atoms with Crippen molar-refractivity contribution in [2.45, 2.75) is 55.9 Å². The summed E-state index contributed by atoms with van der Waals surface area (Å²) in [6.07, 6.45) is 3.08. The molecular formula is C24H34N2O3S. The van der Waals surface area contributed by atoms with Gasteiger partial charge in [-0.15, -0.1) is 0 Å². The Kier molecular flexibility index (Phi) is 6.78. The summed E-state index contributed by atoms with van der Waals surface area (Å²) in [5.41, 5.74) is 0.808. The van der Waals surface area contributed by atoms with E-state index in [9.17, 15) is 13.5 Å². The highest BCUT2D eigenvalue weighted by atomic mass is 32.2. The van der Waals surface area contributed by atoms with Crippen LogP contribution in [-0.4, -0.2) is 51.1 Å². The Morgan fingerprint density at radius 2 is 1.70 bits per heavy atom. The highest BCUT2D eigenvalue weighted by molar-refractivity contribution is 7.91. The van der Waals surface area contributed by atoms with Crippen LogP contribution in [0.5, 0.6) is 5.75 Å². The number of anilines is 1. The zero-order valence-corrected chi connectivity index (χ0v) is 19.3. The number of likely N-dealkylation sites (tertiary alicyclic amines) is 1. The van der Waals surface area contributed by atoms with Gasteiger partial charge in [-0.25, -0.2) is 8.42 Å². The van der Waals surface area contributed by atoms with Gasteiger partial charge in [0.2, 0.25) is 9.84 Å². The quantitative estimate of drug-likeness (QED) is 0.698. The first-order valence-corrected chi connectivity index (χ1v) is 12.2. The molecule has 0 aliphatic carbocycles. The SMILES string of the molecule is CCC(C)(C)CN(c1ccc(S(=O)(=O)c2ccccc2)cc1O)C1CCN(C)CC1. The summed E-state index contributed by atoms with van der Waals surface area (Å²) in [5, 5.41) is 10.9. The van der Waals surface area contributed by atoms with Gasteiger partial charge in [-0.1, -0.05) is 39.0 Å². The van der Waals surface area contributed by atoms with Crippen LogP contribution < -0.4 is 4.90 Å². The van der Waals surface area contributed by atoms with E-state index in [0.717, 1.165) is 44.6 Å². The molecule has 0 spiro atoms. The first kappa shape index (κ1) is 22.6. The summed E-state index contributed by atoms with van der Waals surface area (Å²) in [7, 11) is -1.52. The lowest BCUT2D eigenvalue weighted by molar-refractivity contribution is 0.236. The van der Waals surface area contributed by atoms with E-state index in [4.69, 9.17) is 0 Å². The minimum atomic E-state index is -3.66. The molecule has 1 saturated heterocycles. The molecule has 164 valence electrons. The topological polar surface area (TPSA) is 60.9 Å². The summed E-state index contributed by atoms with van der Waals surface area (Å²) in [5.74, 6) is 0.0258. The summed E-state index contributed by atoms with van der Waals surface area (Å²) < 4.78 is 25.9. The molecule has 30 heavy (non-hydrogen) atoms. The summed E-state index contributed by atoms with van der Waals surface area (Å²) in [6, 6.07) is 13.5. The third-order valence-electron chi connectivity index (χ3n) is 6.30. The van der Waals surface area contributed by atoms with Crippen LogP contribution in [-0.2, 0) is 9.84 Å². The first-order chi connectivity index (χ1) is 14.1. The van der Waals surface area contributed by atoms with Crippen molar-refractivity contribution in [3.8, 4) is 5.75 Å². The zero-order chi connectivity index (χ0) is 21.9. The fraction of sp³-hybridized carbons (Fsp3) is 0.500. The van der Waals surface area contributed by atoms with Crippen LogP contribution in [0.15, 0.2) is 58.3 Å². The van der Waals surface area contributed by atoms with Crippen LogP contribution in [0.2, 0.25) is 0 Å². The Hall–Kier alpha value is -2.05. The molecule has 0 bridgehead atoms. The molecule has 0 unspecified atom stereocenters. The molecular weight excluding hydrogens is 396 g/mol. The van der Waals surface area contributed by atoms with Gasteiger partial charge in [0.15, 0.2) is 0 Å². The average molecular weight is 431 g/mol. The van der Waals surface area contributed by atoms with Crippen molar-refractivity contribution < 1.29 is 13.5 Å². The molecule has 0 aromatic heterocycles. The smallest absolute Gasteiger partial charge is 0.206 e. The van der Waals surface area contributed by atoms with Crippen molar-refractivity contribution in [1.82, 2.24) is 4.90 Å². The molecule has 3 rings (SSSR count). The van der Waals surface area contributed by atoms with Gasteiger partial charge < -0.3 is 14.9 Å². The first-order valence-electron chi connectivity index (χ1n) is 10.7. The molecule has 0 amide bonds. The van der Waals surface area contributed by atoms with Gasteiger partial charge in [-0.3, -0.25) is 0 Å². The maximum atomic E-state index is 12.9.